The first-order valence-corrected chi connectivity index (χ1v) is 5.90. The van der Waals surface area contributed by atoms with E-state index in [4.69, 9.17) is 11.6 Å². The summed E-state index contributed by atoms with van der Waals surface area (Å²) in [6, 6.07) is 5.33. The first kappa shape index (κ1) is 10.5. The van der Waals surface area contributed by atoms with Crippen molar-refractivity contribution in [2.24, 2.45) is 0 Å². The van der Waals surface area contributed by atoms with E-state index in [2.05, 4.69) is 20.3 Å². The van der Waals surface area contributed by atoms with Crippen LogP contribution in [0.2, 0.25) is 5.02 Å². The highest BCUT2D eigenvalue weighted by Gasteiger charge is 2.26. The molecule has 0 radical (unpaired) electrons. The van der Waals surface area contributed by atoms with Crippen molar-refractivity contribution in [3.8, 4) is 0 Å². The summed E-state index contributed by atoms with van der Waals surface area (Å²) in [6.07, 6.45) is 5.82. The highest BCUT2D eigenvalue weighted by Crippen LogP contribution is 2.38. The second kappa shape index (κ2) is 4.30. The minimum atomic E-state index is 0.545. The van der Waals surface area contributed by atoms with Crippen LogP contribution in [0.25, 0.3) is 0 Å². The van der Waals surface area contributed by atoms with Crippen LogP contribution in [-0.4, -0.2) is 15.0 Å². The first-order chi connectivity index (χ1) is 8.31. The van der Waals surface area contributed by atoms with Gasteiger partial charge in [0.1, 0.15) is 17.5 Å². The van der Waals surface area contributed by atoms with E-state index in [-0.39, 0.29) is 0 Å². The summed E-state index contributed by atoms with van der Waals surface area (Å²) < 4.78 is 0. The van der Waals surface area contributed by atoms with E-state index in [1.165, 1.54) is 12.8 Å². The smallest absolute Gasteiger partial charge is 0.135 e. The lowest BCUT2D eigenvalue weighted by atomic mass is 10.4. The number of nitrogens with zero attached hydrogens (tertiary/aromatic N) is 3. The molecule has 17 heavy (non-hydrogen) atoms. The fourth-order valence-electron chi connectivity index (χ4n) is 1.59. The standard InChI is InChI=1S/C12H11ClN4/c13-9-3-5-14-11(7-9)16-10-4-6-15-12(17-10)8-1-2-8/h3-8H,1-2H2,(H,14,15,16,17). The molecule has 2 aromatic rings. The van der Waals surface area contributed by atoms with Crippen molar-refractivity contribution in [3.05, 3.63) is 41.4 Å². The third-order valence-corrected chi connectivity index (χ3v) is 2.83. The Kier molecular flexibility index (Phi) is 2.65. The van der Waals surface area contributed by atoms with Crippen molar-refractivity contribution >= 4 is 23.2 Å². The van der Waals surface area contributed by atoms with Gasteiger partial charge in [-0.05, 0) is 31.0 Å². The molecule has 1 aliphatic rings. The van der Waals surface area contributed by atoms with Crippen molar-refractivity contribution in [3.63, 3.8) is 0 Å². The van der Waals surface area contributed by atoms with Gasteiger partial charge in [0.25, 0.3) is 0 Å². The summed E-state index contributed by atoms with van der Waals surface area (Å²) in [6.45, 7) is 0. The molecule has 0 atom stereocenters. The Labute approximate surface area is 104 Å². The van der Waals surface area contributed by atoms with E-state index in [1.807, 2.05) is 6.07 Å². The Hall–Kier alpha value is -1.68. The topological polar surface area (TPSA) is 50.7 Å². The van der Waals surface area contributed by atoms with Crippen molar-refractivity contribution in [2.75, 3.05) is 5.32 Å². The van der Waals surface area contributed by atoms with Gasteiger partial charge in [0.2, 0.25) is 0 Å². The number of aromatic nitrogens is 3. The Bertz CT molecular complexity index is 540. The average molecular weight is 247 g/mol. The number of halogens is 1. The van der Waals surface area contributed by atoms with Crippen LogP contribution in [-0.2, 0) is 0 Å². The Morgan fingerprint density at radius 3 is 2.71 bits per heavy atom. The molecular formula is C12H11ClN4. The van der Waals surface area contributed by atoms with E-state index in [1.54, 1.807) is 24.5 Å². The zero-order valence-corrected chi connectivity index (χ0v) is 9.85. The molecule has 86 valence electrons. The van der Waals surface area contributed by atoms with Crippen LogP contribution in [0.1, 0.15) is 24.6 Å². The Balaban J connectivity index is 1.82. The van der Waals surface area contributed by atoms with Crippen LogP contribution in [0.15, 0.2) is 30.6 Å². The summed E-state index contributed by atoms with van der Waals surface area (Å²) in [7, 11) is 0. The molecule has 1 fully saturated rings. The molecule has 1 saturated carbocycles. The van der Waals surface area contributed by atoms with E-state index >= 15 is 0 Å². The van der Waals surface area contributed by atoms with E-state index < -0.39 is 0 Å². The van der Waals surface area contributed by atoms with Gasteiger partial charge in [-0.3, -0.25) is 0 Å². The molecular weight excluding hydrogens is 236 g/mol. The molecule has 1 aliphatic carbocycles. The van der Waals surface area contributed by atoms with Gasteiger partial charge in [-0.1, -0.05) is 11.6 Å². The molecule has 1 N–H and O–H groups in total. The Morgan fingerprint density at radius 2 is 1.94 bits per heavy atom. The van der Waals surface area contributed by atoms with E-state index in [9.17, 15) is 0 Å². The number of hydrogen-bond donors (Lipinski definition) is 1. The summed E-state index contributed by atoms with van der Waals surface area (Å²) in [5.74, 6) is 2.91. The molecule has 0 aliphatic heterocycles. The maximum atomic E-state index is 5.89. The quantitative estimate of drug-likeness (QED) is 0.904. The second-order valence-electron chi connectivity index (χ2n) is 4.06. The molecule has 0 saturated heterocycles. The van der Waals surface area contributed by atoms with Crippen LogP contribution in [0.4, 0.5) is 11.6 Å². The lowest BCUT2D eigenvalue weighted by molar-refractivity contribution is 0.929. The SMILES string of the molecule is Clc1ccnc(Nc2ccnc(C3CC3)n2)c1. The van der Waals surface area contributed by atoms with Gasteiger partial charge in [-0.25, -0.2) is 15.0 Å². The zero-order valence-electron chi connectivity index (χ0n) is 9.10. The largest absolute Gasteiger partial charge is 0.325 e. The maximum Gasteiger partial charge on any atom is 0.135 e. The molecule has 3 rings (SSSR count). The number of rotatable bonds is 3. The first-order valence-electron chi connectivity index (χ1n) is 5.53. The molecule has 5 heteroatoms. The highest BCUT2D eigenvalue weighted by molar-refractivity contribution is 6.30. The van der Waals surface area contributed by atoms with Gasteiger partial charge in [0, 0.05) is 23.3 Å². The number of hydrogen-bond acceptors (Lipinski definition) is 4. The fraction of sp³-hybridized carbons (Fsp3) is 0.250. The minimum absolute atomic E-state index is 0.545. The summed E-state index contributed by atoms with van der Waals surface area (Å²) >= 11 is 5.89. The van der Waals surface area contributed by atoms with Gasteiger partial charge in [0.05, 0.1) is 0 Å². The predicted molar refractivity (Wildman–Crippen MR) is 66.5 cm³/mol. The summed E-state index contributed by atoms with van der Waals surface area (Å²) in [5.41, 5.74) is 0. The lowest BCUT2D eigenvalue weighted by Gasteiger charge is -2.05. The van der Waals surface area contributed by atoms with E-state index in [0.717, 1.165) is 11.6 Å². The molecule has 0 bridgehead atoms. The zero-order chi connectivity index (χ0) is 11.7. The molecule has 2 aromatic heterocycles. The molecule has 0 aromatic carbocycles. The van der Waals surface area contributed by atoms with Crippen LogP contribution in [0, 0.1) is 0 Å². The van der Waals surface area contributed by atoms with Crippen LogP contribution in [0.3, 0.4) is 0 Å². The second-order valence-corrected chi connectivity index (χ2v) is 4.50. The molecule has 0 amide bonds. The van der Waals surface area contributed by atoms with Crippen LogP contribution in [0.5, 0.6) is 0 Å². The van der Waals surface area contributed by atoms with Gasteiger partial charge < -0.3 is 5.32 Å². The van der Waals surface area contributed by atoms with Gasteiger partial charge in [-0.2, -0.15) is 0 Å². The highest BCUT2D eigenvalue weighted by atomic mass is 35.5. The van der Waals surface area contributed by atoms with Crippen LogP contribution < -0.4 is 5.32 Å². The van der Waals surface area contributed by atoms with E-state index in [0.29, 0.717) is 16.8 Å². The van der Waals surface area contributed by atoms with Crippen molar-refractivity contribution < 1.29 is 0 Å². The molecule has 2 heterocycles. The number of nitrogens with one attached hydrogen (secondary N) is 1. The Morgan fingerprint density at radius 1 is 1.12 bits per heavy atom. The summed E-state index contributed by atoms with van der Waals surface area (Å²) in [4.78, 5) is 12.9. The van der Waals surface area contributed by atoms with Crippen LogP contribution >= 0.6 is 11.6 Å². The third-order valence-electron chi connectivity index (χ3n) is 2.59. The van der Waals surface area contributed by atoms with Crippen molar-refractivity contribution in [2.45, 2.75) is 18.8 Å². The predicted octanol–water partition coefficient (Wildman–Crippen LogP) is 3.15. The average Bonchev–Trinajstić information content (AvgIpc) is 3.13. The summed E-state index contributed by atoms with van der Waals surface area (Å²) in [5, 5.41) is 3.77. The lowest BCUT2D eigenvalue weighted by Crippen LogP contribution is -1.99. The maximum absolute atomic E-state index is 5.89. The number of anilines is 2. The molecule has 0 spiro atoms. The fourth-order valence-corrected chi connectivity index (χ4v) is 1.75. The van der Waals surface area contributed by atoms with Crippen molar-refractivity contribution in [1.82, 2.24) is 15.0 Å². The normalized spacial score (nSPS) is 14.6. The van der Waals surface area contributed by atoms with Gasteiger partial charge in [0.15, 0.2) is 0 Å². The molecule has 4 nitrogen and oxygen atoms in total. The third kappa shape index (κ3) is 2.53. The van der Waals surface area contributed by atoms with Crippen molar-refractivity contribution in [1.29, 1.82) is 0 Å². The molecule has 0 unspecified atom stereocenters. The monoisotopic (exact) mass is 246 g/mol. The van der Waals surface area contributed by atoms with Gasteiger partial charge >= 0.3 is 0 Å². The van der Waals surface area contributed by atoms with Gasteiger partial charge in [-0.15, -0.1) is 0 Å². The minimum Gasteiger partial charge on any atom is -0.325 e. The number of pyridine rings is 1.